The number of thiophene rings is 1. The Balaban J connectivity index is 1.48. The van der Waals surface area contributed by atoms with E-state index in [4.69, 9.17) is 9.47 Å². The predicted molar refractivity (Wildman–Crippen MR) is 133 cm³/mol. The average Bonchev–Trinajstić information content (AvgIpc) is 3.33. The van der Waals surface area contributed by atoms with E-state index in [2.05, 4.69) is 16.7 Å². The zero-order valence-corrected chi connectivity index (χ0v) is 19.7. The first-order chi connectivity index (χ1) is 16.1. The van der Waals surface area contributed by atoms with Crippen LogP contribution >= 0.6 is 11.3 Å². The van der Waals surface area contributed by atoms with E-state index in [9.17, 15) is 9.59 Å². The van der Waals surface area contributed by atoms with Gasteiger partial charge in [0.1, 0.15) is 0 Å². The molecule has 0 bridgehead atoms. The Bertz CT molecular complexity index is 1020. The monoisotopic (exact) mass is 466 g/mol. The SMILES string of the molecule is CCOCCOCc1cccc(NC(=O)c2cccc(NC(=O)CCCc3cccs3)c2)c1. The van der Waals surface area contributed by atoms with Crippen LogP contribution in [-0.4, -0.2) is 31.6 Å². The minimum Gasteiger partial charge on any atom is -0.379 e. The third-order valence-corrected chi connectivity index (χ3v) is 5.78. The van der Waals surface area contributed by atoms with Crippen LogP contribution in [0.5, 0.6) is 0 Å². The van der Waals surface area contributed by atoms with E-state index in [0.717, 1.165) is 18.4 Å². The van der Waals surface area contributed by atoms with Crippen molar-refractivity contribution in [1.82, 2.24) is 0 Å². The molecule has 0 aliphatic heterocycles. The van der Waals surface area contributed by atoms with E-state index >= 15 is 0 Å². The minimum atomic E-state index is -0.238. The molecule has 0 radical (unpaired) electrons. The smallest absolute Gasteiger partial charge is 0.255 e. The molecule has 2 aromatic carbocycles. The lowest BCUT2D eigenvalue weighted by Gasteiger charge is -2.10. The molecule has 0 saturated heterocycles. The Morgan fingerprint density at radius 3 is 2.48 bits per heavy atom. The van der Waals surface area contributed by atoms with Gasteiger partial charge in [0.2, 0.25) is 5.91 Å². The van der Waals surface area contributed by atoms with Gasteiger partial charge in [-0.15, -0.1) is 11.3 Å². The number of hydrogen-bond acceptors (Lipinski definition) is 5. The number of benzene rings is 2. The molecule has 0 saturated carbocycles. The molecule has 33 heavy (non-hydrogen) atoms. The number of carbonyl (C=O) groups excluding carboxylic acids is 2. The highest BCUT2D eigenvalue weighted by Gasteiger charge is 2.09. The topological polar surface area (TPSA) is 76.7 Å². The van der Waals surface area contributed by atoms with Crippen molar-refractivity contribution in [3.8, 4) is 0 Å². The summed E-state index contributed by atoms with van der Waals surface area (Å²) in [6.07, 6.45) is 2.12. The number of hydrogen-bond donors (Lipinski definition) is 2. The summed E-state index contributed by atoms with van der Waals surface area (Å²) >= 11 is 1.70. The number of rotatable bonds is 13. The highest BCUT2D eigenvalue weighted by molar-refractivity contribution is 7.09. The molecule has 3 rings (SSSR count). The van der Waals surface area contributed by atoms with E-state index < -0.39 is 0 Å². The predicted octanol–water partition coefficient (Wildman–Crippen LogP) is 5.51. The Morgan fingerprint density at radius 1 is 0.909 bits per heavy atom. The molecule has 0 spiro atoms. The van der Waals surface area contributed by atoms with E-state index in [1.54, 1.807) is 35.6 Å². The first kappa shape index (κ1) is 24.6. The Hall–Kier alpha value is -3.00. The lowest BCUT2D eigenvalue weighted by molar-refractivity contribution is -0.116. The zero-order chi connectivity index (χ0) is 23.3. The summed E-state index contributed by atoms with van der Waals surface area (Å²) in [5, 5.41) is 7.84. The average molecular weight is 467 g/mol. The minimum absolute atomic E-state index is 0.0545. The lowest BCUT2D eigenvalue weighted by atomic mass is 10.1. The number of ether oxygens (including phenoxy) is 2. The summed E-state index contributed by atoms with van der Waals surface area (Å²) in [7, 11) is 0. The summed E-state index contributed by atoms with van der Waals surface area (Å²) in [5.41, 5.74) is 2.74. The fourth-order valence-electron chi connectivity index (χ4n) is 3.23. The van der Waals surface area contributed by atoms with Crippen LogP contribution < -0.4 is 10.6 Å². The normalized spacial score (nSPS) is 10.7. The van der Waals surface area contributed by atoms with Gasteiger partial charge >= 0.3 is 0 Å². The zero-order valence-electron chi connectivity index (χ0n) is 18.8. The Labute approximate surface area is 198 Å². The first-order valence-electron chi connectivity index (χ1n) is 11.1. The highest BCUT2D eigenvalue weighted by atomic mass is 32.1. The fourth-order valence-corrected chi connectivity index (χ4v) is 3.99. The van der Waals surface area contributed by atoms with Gasteiger partial charge in [-0.3, -0.25) is 9.59 Å². The standard InChI is InChI=1S/C26H30N2O4S/c1-2-31-14-15-32-19-20-7-3-9-22(17-20)28-26(30)21-8-4-10-23(18-21)27-25(29)13-5-11-24-12-6-16-33-24/h3-4,6-10,12,16-18H,2,5,11,13-15,19H2,1H3,(H,27,29)(H,28,30). The van der Waals surface area contributed by atoms with Crippen molar-refractivity contribution in [3.63, 3.8) is 0 Å². The maximum Gasteiger partial charge on any atom is 0.255 e. The van der Waals surface area contributed by atoms with Gasteiger partial charge in [0, 0.05) is 34.8 Å². The molecule has 1 aromatic heterocycles. The molecule has 0 fully saturated rings. The van der Waals surface area contributed by atoms with Crippen LogP contribution in [0.4, 0.5) is 11.4 Å². The Kier molecular flexibility index (Phi) is 10.1. The first-order valence-corrected chi connectivity index (χ1v) is 12.0. The highest BCUT2D eigenvalue weighted by Crippen LogP contribution is 2.17. The van der Waals surface area contributed by atoms with Crippen LogP contribution in [0.3, 0.4) is 0 Å². The van der Waals surface area contributed by atoms with Gasteiger partial charge in [-0.1, -0.05) is 24.3 Å². The van der Waals surface area contributed by atoms with Crippen LogP contribution in [0.1, 0.15) is 40.6 Å². The van der Waals surface area contributed by atoms with Gasteiger partial charge < -0.3 is 20.1 Å². The molecule has 174 valence electrons. The van der Waals surface area contributed by atoms with Crippen molar-refractivity contribution in [1.29, 1.82) is 0 Å². The summed E-state index contributed by atoms with van der Waals surface area (Å²) in [6, 6.07) is 18.6. The molecule has 7 heteroatoms. The van der Waals surface area contributed by atoms with Gasteiger partial charge in [0.05, 0.1) is 19.8 Å². The molecule has 0 aliphatic carbocycles. The summed E-state index contributed by atoms with van der Waals surface area (Å²) in [4.78, 5) is 26.3. The molecule has 2 amide bonds. The van der Waals surface area contributed by atoms with Crippen molar-refractivity contribution >= 4 is 34.5 Å². The summed E-state index contributed by atoms with van der Waals surface area (Å²) < 4.78 is 10.8. The van der Waals surface area contributed by atoms with E-state index in [1.165, 1.54) is 4.88 Å². The maximum atomic E-state index is 12.7. The van der Waals surface area contributed by atoms with E-state index in [1.807, 2.05) is 42.6 Å². The molecule has 0 atom stereocenters. The van der Waals surface area contributed by atoms with E-state index in [0.29, 0.717) is 49.8 Å². The molecule has 0 unspecified atom stereocenters. The Morgan fingerprint density at radius 2 is 1.70 bits per heavy atom. The van der Waals surface area contributed by atoms with Gasteiger partial charge in [-0.2, -0.15) is 0 Å². The van der Waals surface area contributed by atoms with Crippen molar-refractivity contribution in [3.05, 3.63) is 82.0 Å². The quantitative estimate of drug-likeness (QED) is 0.326. The second-order valence-corrected chi connectivity index (χ2v) is 8.50. The molecular formula is C26H30N2O4S. The van der Waals surface area contributed by atoms with Gasteiger partial charge in [-0.05, 0) is 67.1 Å². The van der Waals surface area contributed by atoms with E-state index in [-0.39, 0.29) is 11.8 Å². The largest absolute Gasteiger partial charge is 0.379 e. The van der Waals surface area contributed by atoms with Crippen LogP contribution in [0, 0.1) is 0 Å². The van der Waals surface area contributed by atoms with Crippen molar-refractivity contribution in [2.45, 2.75) is 32.8 Å². The third-order valence-electron chi connectivity index (χ3n) is 4.85. The summed E-state index contributed by atoms with van der Waals surface area (Å²) in [5.74, 6) is -0.292. The number of amides is 2. The molecule has 1 heterocycles. The van der Waals surface area contributed by atoms with Crippen molar-refractivity contribution in [2.75, 3.05) is 30.5 Å². The van der Waals surface area contributed by atoms with Crippen LogP contribution in [0.2, 0.25) is 0 Å². The fraction of sp³-hybridized carbons (Fsp3) is 0.308. The van der Waals surface area contributed by atoms with Gasteiger partial charge in [0.25, 0.3) is 5.91 Å². The molecule has 0 aliphatic rings. The third kappa shape index (κ3) is 8.81. The molecule has 3 aromatic rings. The second-order valence-electron chi connectivity index (χ2n) is 7.47. The summed E-state index contributed by atoms with van der Waals surface area (Å²) in [6.45, 7) is 4.16. The van der Waals surface area contributed by atoms with Crippen molar-refractivity contribution < 1.29 is 19.1 Å². The molecule has 6 nitrogen and oxygen atoms in total. The number of carbonyl (C=O) groups is 2. The molecule has 2 N–H and O–H groups in total. The second kappa shape index (κ2) is 13.5. The number of anilines is 2. The molecular weight excluding hydrogens is 436 g/mol. The van der Waals surface area contributed by atoms with Crippen molar-refractivity contribution in [2.24, 2.45) is 0 Å². The maximum absolute atomic E-state index is 12.7. The van der Waals surface area contributed by atoms with Crippen LogP contribution in [-0.2, 0) is 27.3 Å². The van der Waals surface area contributed by atoms with Crippen LogP contribution in [0.25, 0.3) is 0 Å². The lowest BCUT2D eigenvalue weighted by Crippen LogP contribution is -2.14. The van der Waals surface area contributed by atoms with Crippen LogP contribution in [0.15, 0.2) is 66.0 Å². The number of aryl methyl sites for hydroxylation is 1. The number of nitrogens with one attached hydrogen (secondary N) is 2. The van der Waals surface area contributed by atoms with Gasteiger partial charge in [0.15, 0.2) is 0 Å². The van der Waals surface area contributed by atoms with Gasteiger partial charge in [-0.25, -0.2) is 0 Å².